The first kappa shape index (κ1) is 13.0. The molecule has 94 valence electrons. The van der Waals surface area contributed by atoms with Crippen LogP contribution < -0.4 is 5.32 Å². The predicted molar refractivity (Wildman–Crippen MR) is 72.9 cm³/mol. The van der Waals surface area contributed by atoms with Crippen LogP contribution in [0.4, 0.5) is 0 Å². The third-order valence-corrected chi connectivity index (χ3v) is 4.09. The van der Waals surface area contributed by atoms with Gasteiger partial charge in [-0.05, 0) is 41.1 Å². The van der Waals surface area contributed by atoms with Gasteiger partial charge in [-0.1, -0.05) is 12.1 Å². The maximum atomic E-state index is 12.3. The molecule has 0 spiro atoms. The molecule has 1 aliphatic heterocycles. The second-order valence-electron chi connectivity index (χ2n) is 4.07. The van der Waals surface area contributed by atoms with Crippen LogP contribution in [0.2, 0.25) is 0 Å². The number of nitrogens with one attached hydrogen (secondary N) is 1. The molecule has 0 radical (unpaired) electrons. The number of benzene rings is 1. The van der Waals surface area contributed by atoms with E-state index < -0.39 is 11.8 Å². The van der Waals surface area contributed by atoms with Crippen LogP contribution in [0.25, 0.3) is 0 Å². The van der Waals surface area contributed by atoms with Gasteiger partial charge >= 0.3 is 0 Å². The number of piperazine rings is 1. The zero-order valence-electron chi connectivity index (χ0n) is 9.70. The number of hydrogen-bond acceptors (Lipinski definition) is 3. The van der Waals surface area contributed by atoms with Gasteiger partial charge in [0.25, 0.3) is 5.91 Å². The molecule has 5 nitrogen and oxygen atoms in total. The molecule has 0 aromatic heterocycles. The molecule has 1 aromatic rings. The van der Waals surface area contributed by atoms with Gasteiger partial charge in [-0.2, -0.15) is 0 Å². The van der Waals surface area contributed by atoms with Crippen LogP contribution in [0.3, 0.4) is 0 Å². The Labute approximate surface area is 118 Å². The Morgan fingerprint density at radius 1 is 1.28 bits per heavy atom. The minimum atomic E-state index is -0.442. The Balaban J connectivity index is 2.28. The Bertz CT molecular complexity index is 526. The van der Waals surface area contributed by atoms with E-state index in [9.17, 15) is 14.4 Å². The molecule has 18 heavy (non-hydrogen) atoms. The molecule has 0 bridgehead atoms. The number of rotatable bonds is 1. The summed E-state index contributed by atoms with van der Waals surface area (Å²) in [5.41, 5.74) is 1.52. The molecule has 1 aliphatic rings. The van der Waals surface area contributed by atoms with Crippen LogP contribution in [0.1, 0.15) is 15.9 Å². The fourth-order valence-electron chi connectivity index (χ4n) is 1.76. The van der Waals surface area contributed by atoms with Gasteiger partial charge in [0, 0.05) is 3.57 Å². The number of carbonyl (C=O) groups excluding carboxylic acids is 3. The third-order valence-electron chi connectivity index (χ3n) is 2.66. The van der Waals surface area contributed by atoms with Crippen LogP contribution in [0, 0.1) is 10.5 Å². The Morgan fingerprint density at radius 2 is 1.89 bits per heavy atom. The summed E-state index contributed by atoms with van der Waals surface area (Å²) in [4.78, 5) is 36.0. The van der Waals surface area contributed by atoms with Crippen molar-refractivity contribution in [1.82, 2.24) is 10.2 Å². The number of amides is 3. The maximum Gasteiger partial charge on any atom is 0.255 e. The number of halogens is 1. The number of hydrogen-bond donors (Lipinski definition) is 1. The van der Waals surface area contributed by atoms with Gasteiger partial charge in [-0.15, -0.1) is 0 Å². The second-order valence-corrected chi connectivity index (χ2v) is 5.15. The lowest BCUT2D eigenvalue weighted by Gasteiger charge is -2.26. The highest BCUT2D eigenvalue weighted by molar-refractivity contribution is 14.1. The zero-order valence-corrected chi connectivity index (χ0v) is 11.9. The lowest BCUT2D eigenvalue weighted by molar-refractivity contribution is -0.135. The lowest BCUT2D eigenvalue weighted by Crippen LogP contribution is -2.53. The van der Waals surface area contributed by atoms with Crippen molar-refractivity contribution in [3.8, 4) is 0 Å². The minimum absolute atomic E-state index is 0.0748. The molecule has 0 atom stereocenters. The summed E-state index contributed by atoms with van der Waals surface area (Å²) in [5.74, 6) is -1.17. The first-order chi connectivity index (χ1) is 8.49. The molecule has 1 saturated heterocycles. The number of nitrogens with zero attached hydrogens (tertiary/aromatic N) is 1. The van der Waals surface area contributed by atoms with Crippen molar-refractivity contribution in [3.63, 3.8) is 0 Å². The van der Waals surface area contributed by atoms with E-state index >= 15 is 0 Å². The summed E-state index contributed by atoms with van der Waals surface area (Å²) in [7, 11) is 0. The fourth-order valence-corrected chi connectivity index (χ4v) is 2.35. The van der Waals surface area contributed by atoms with Crippen LogP contribution in [0.15, 0.2) is 18.2 Å². The molecule has 2 rings (SSSR count). The summed E-state index contributed by atoms with van der Waals surface area (Å²) >= 11 is 2.09. The quantitative estimate of drug-likeness (QED) is 0.594. The first-order valence-corrected chi connectivity index (χ1v) is 6.44. The number of carbonyl (C=O) groups is 3. The molecule has 1 fully saturated rings. The molecule has 3 amide bonds. The monoisotopic (exact) mass is 358 g/mol. The average Bonchev–Trinajstić information content (AvgIpc) is 2.30. The standard InChI is InChI=1S/C12H11IN2O3/c1-7-3-2-4-8(11(7)13)12(18)15-5-9(16)14-10(17)6-15/h2-4H,5-6H2,1H3,(H,14,16,17). The van der Waals surface area contributed by atoms with Gasteiger partial charge < -0.3 is 4.90 Å². The lowest BCUT2D eigenvalue weighted by atomic mass is 10.1. The summed E-state index contributed by atoms with van der Waals surface area (Å²) < 4.78 is 0.846. The highest BCUT2D eigenvalue weighted by atomic mass is 127. The van der Waals surface area contributed by atoms with E-state index in [0.717, 1.165) is 9.13 Å². The molecule has 6 heteroatoms. The van der Waals surface area contributed by atoms with E-state index in [1.54, 1.807) is 12.1 Å². The molecular formula is C12H11IN2O3. The van der Waals surface area contributed by atoms with E-state index in [-0.39, 0.29) is 19.0 Å². The van der Waals surface area contributed by atoms with Crippen LogP contribution >= 0.6 is 22.6 Å². The van der Waals surface area contributed by atoms with E-state index in [2.05, 4.69) is 27.9 Å². The largest absolute Gasteiger partial charge is 0.320 e. The van der Waals surface area contributed by atoms with Gasteiger partial charge in [-0.3, -0.25) is 19.7 Å². The van der Waals surface area contributed by atoms with Gasteiger partial charge in [0.1, 0.15) is 13.1 Å². The Morgan fingerprint density at radius 3 is 2.50 bits per heavy atom. The Hall–Kier alpha value is -1.44. The van der Waals surface area contributed by atoms with Crippen molar-refractivity contribution in [2.45, 2.75) is 6.92 Å². The Kier molecular flexibility index (Phi) is 3.65. The van der Waals surface area contributed by atoms with Crippen LogP contribution in [0.5, 0.6) is 0 Å². The summed E-state index contributed by atoms with van der Waals surface area (Å²) in [6.45, 7) is 1.76. The average molecular weight is 358 g/mol. The molecule has 0 aliphatic carbocycles. The maximum absolute atomic E-state index is 12.3. The second kappa shape index (κ2) is 5.05. The highest BCUT2D eigenvalue weighted by Gasteiger charge is 2.28. The van der Waals surface area contributed by atoms with Gasteiger partial charge in [0.05, 0.1) is 5.56 Å². The van der Waals surface area contributed by atoms with Gasteiger partial charge in [-0.25, -0.2) is 0 Å². The van der Waals surface area contributed by atoms with Crippen molar-refractivity contribution in [1.29, 1.82) is 0 Å². The van der Waals surface area contributed by atoms with E-state index in [0.29, 0.717) is 5.56 Å². The van der Waals surface area contributed by atoms with Gasteiger partial charge in [0.2, 0.25) is 11.8 Å². The van der Waals surface area contributed by atoms with E-state index in [1.165, 1.54) is 4.90 Å². The normalized spacial score (nSPS) is 15.6. The van der Waals surface area contributed by atoms with Crippen molar-refractivity contribution >= 4 is 40.3 Å². The first-order valence-electron chi connectivity index (χ1n) is 5.36. The minimum Gasteiger partial charge on any atom is -0.320 e. The van der Waals surface area contributed by atoms with Crippen molar-refractivity contribution < 1.29 is 14.4 Å². The van der Waals surface area contributed by atoms with Crippen LogP contribution in [-0.2, 0) is 9.59 Å². The highest BCUT2D eigenvalue weighted by Crippen LogP contribution is 2.18. The number of imide groups is 1. The molecule has 0 saturated carbocycles. The third kappa shape index (κ3) is 2.53. The topological polar surface area (TPSA) is 66.5 Å². The smallest absolute Gasteiger partial charge is 0.255 e. The van der Waals surface area contributed by atoms with Crippen molar-refractivity contribution in [3.05, 3.63) is 32.9 Å². The molecule has 1 heterocycles. The summed E-state index contributed by atoms with van der Waals surface area (Å²) in [5, 5.41) is 2.17. The van der Waals surface area contributed by atoms with Crippen molar-refractivity contribution in [2.24, 2.45) is 0 Å². The molecule has 0 unspecified atom stereocenters. The van der Waals surface area contributed by atoms with Crippen LogP contribution in [-0.4, -0.2) is 35.7 Å². The van der Waals surface area contributed by atoms with E-state index in [1.807, 2.05) is 13.0 Å². The summed E-state index contributed by atoms with van der Waals surface area (Å²) in [6, 6.07) is 5.40. The number of aryl methyl sites for hydroxylation is 1. The SMILES string of the molecule is Cc1cccc(C(=O)N2CC(=O)NC(=O)C2)c1I. The van der Waals surface area contributed by atoms with Gasteiger partial charge in [0.15, 0.2) is 0 Å². The van der Waals surface area contributed by atoms with Crippen molar-refractivity contribution in [2.75, 3.05) is 13.1 Å². The predicted octanol–water partition coefficient (Wildman–Crippen LogP) is 0.698. The molecule has 1 N–H and O–H groups in total. The molecular weight excluding hydrogens is 347 g/mol. The fraction of sp³-hybridized carbons (Fsp3) is 0.250. The summed E-state index contributed by atoms with van der Waals surface area (Å²) in [6.07, 6.45) is 0. The van der Waals surface area contributed by atoms with E-state index in [4.69, 9.17) is 0 Å². The molecule has 1 aromatic carbocycles. The zero-order chi connectivity index (χ0) is 13.3.